The topological polar surface area (TPSA) is 35.5 Å². The van der Waals surface area contributed by atoms with Crippen LogP contribution in [0.15, 0.2) is 24.3 Å². The highest BCUT2D eigenvalue weighted by Crippen LogP contribution is 2.19. The Hall–Kier alpha value is -1.22. The van der Waals surface area contributed by atoms with Crippen molar-refractivity contribution < 1.29 is 5.11 Å². The van der Waals surface area contributed by atoms with Crippen molar-refractivity contribution in [2.24, 2.45) is 0 Å². The normalized spacial score (nSPS) is 12.2. The van der Waals surface area contributed by atoms with Crippen LogP contribution < -0.4 is 10.2 Å². The molecule has 1 atom stereocenters. The molecule has 20 heavy (non-hydrogen) atoms. The number of anilines is 2. The summed E-state index contributed by atoms with van der Waals surface area (Å²) < 4.78 is 0. The lowest BCUT2D eigenvalue weighted by Gasteiger charge is -2.22. The van der Waals surface area contributed by atoms with E-state index in [0.29, 0.717) is 12.6 Å². The highest BCUT2D eigenvalue weighted by molar-refractivity contribution is 5.55. The quantitative estimate of drug-likeness (QED) is 0.637. The molecule has 0 saturated heterocycles. The Bertz CT molecular complexity index is 351. The number of hydrogen-bond donors (Lipinski definition) is 2. The number of hydrogen-bond acceptors (Lipinski definition) is 3. The lowest BCUT2D eigenvalue weighted by atomic mass is 10.1. The third kappa shape index (κ3) is 5.83. The Morgan fingerprint density at radius 2 is 1.85 bits per heavy atom. The maximum atomic E-state index is 9.05. The summed E-state index contributed by atoms with van der Waals surface area (Å²) in [4.78, 5) is 2.18. The number of benzene rings is 1. The van der Waals surface area contributed by atoms with Crippen LogP contribution in [0, 0.1) is 0 Å². The predicted molar refractivity (Wildman–Crippen MR) is 88.6 cm³/mol. The second-order valence-electron chi connectivity index (χ2n) is 5.39. The van der Waals surface area contributed by atoms with E-state index in [9.17, 15) is 0 Å². The second-order valence-corrected chi connectivity index (χ2v) is 5.39. The van der Waals surface area contributed by atoms with E-state index in [4.69, 9.17) is 5.11 Å². The smallest absolute Gasteiger partial charge is 0.0606 e. The number of unbranched alkanes of at least 4 members (excludes halogenated alkanes) is 2. The van der Waals surface area contributed by atoms with Crippen LogP contribution in [0.3, 0.4) is 0 Å². The fourth-order valence-electron chi connectivity index (χ4n) is 2.42. The first-order valence-electron chi connectivity index (χ1n) is 7.93. The number of aliphatic hydroxyl groups excluding tert-OH is 1. The van der Waals surface area contributed by atoms with Gasteiger partial charge in [-0.1, -0.05) is 26.2 Å². The molecule has 0 amide bonds. The van der Waals surface area contributed by atoms with Crippen molar-refractivity contribution in [3.63, 3.8) is 0 Å². The van der Waals surface area contributed by atoms with Gasteiger partial charge in [0, 0.05) is 30.5 Å². The highest BCUT2D eigenvalue weighted by atomic mass is 16.3. The molecule has 1 aromatic rings. The zero-order valence-corrected chi connectivity index (χ0v) is 13.2. The molecule has 0 fully saturated rings. The zero-order valence-electron chi connectivity index (χ0n) is 13.2. The van der Waals surface area contributed by atoms with E-state index in [1.807, 2.05) is 0 Å². The monoisotopic (exact) mass is 278 g/mol. The van der Waals surface area contributed by atoms with Gasteiger partial charge in [-0.2, -0.15) is 0 Å². The van der Waals surface area contributed by atoms with E-state index >= 15 is 0 Å². The summed E-state index contributed by atoms with van der Waals surface area (Å²) in [5.74, 6) is 0. The van der Waals surface area contributed by atoms with Crippen LogP contribution in [0.25, 0.3) is 0 Å². The first-order valence-corrected chi connectivity index (χ1v) is 7.93. The summed E-state index contributed by atoms with van der Waals surface area (Å²) in [6.07, 6.45) is 5.11. The summed E-state index contributed by atoms with van der Waals surface area (Å²) in [6.45, 7) is 8.40. The van der Waals surface area contributed by atoms with Crippen molar-refractivity contribution in [3.05, 3.63) is 24.3 Å². The van der Waals surface area contributed by atoms with Crippen LogP contribution in [0.1, 0.15) is 46.5 Å². The minimum atomic E-state index is 0.197. The molecule has 1 rings (SSSR count). The zero-order chi connectivity index (χ0) is 14.8. The number of rotatable bonds is 10. The first kappa shape index (κ1) is 16.8. The molecule has 0 bridgehead atoms. The molecule has 1 aromatic carbocycles. The van der Waals surface area contributed by atoms with Gasteiger partial charge in [0.25, 0.3) is 0 Å². The summed E-state index contributed by atoms with van der Waals surface area (Å²) in [7, 11) is 0. The number of likely N-dealkylation sites (N-methyl/N-ethyl adjacent to an activating group) is 1. The molecule has 3 heteroatoms. The van der Waals surface area contributed by atoms with Gasteiger partial charge in [0.1, 0.15) is 0 Å². The van der Waals surface area contributed by atoms with Gasteiger partial charge in [-0.25, -0.2) is 0 Å². The maximum absolute atomic E-state index is 9.05. The Labute approximate surface area is 124 Å². The van der Waals surface area contributed by atoms with Crippen molar-refractivity contribution >= 4 is 11.4 Å². The lowest BCUT2D eigenvalue weighted by molar-refractivity contribution is 0.302. The Morgan fingerprint density at radius 3 is 2.40 bits per heavy atom. The van der Waals surface area contributed by atoms with Gasteiger partial charge in [0.2, 0.25) is 0 Å². The molecule has 0 aliphatic carbocycles. The minimum absolute atomic E-state index is 0.197. The van der Waals surface area contributed by atoms with Crippen LogP contribution in [0.5, 0.6) is 0 Å². The first-order chi connectivity index (χ1) is 9.71. The number of nitrogens with one attached hydrogen (secondary N) is 1. The van der Waals surface area contributed by atoms with Gasteiger partial charge in [-0.05, 0) is 44.5 Å². The van der Waals surface area contributed by atoms with Gasteiger partial charge in [-0.3, -0.25) is 0 Å². The molecule has 3 nitrogen and oxygen atoms in total. The maximum Gasteiger partial charge on any atom is 0.0606 e. The fraction of sp³-hybridized carbons (Fsp3) is 0.647. The van der Waals surface area contributed by atoms with E-state index in [1.165, 1.54) is 37.1 Å². The fourth-order valence-corrected chi connectivity index (χ4v) is 2.42. The van der Waals surface area contributed by atoms with Crippen LogP contribution in [-0.4, -0.2) is 30.8 Å². The third-order valence-corrected chi connectivity index (χ3v) is 3.64. The van der Waals surface area contributed by atoms with Gasteiger partial charge in [0.05, 0.1) is 6.61 Å². The lowest BCUT2D eigenvalue weighted by Crippen LogP contribution is -2.26. The van der Waals surface area contributed by atoms with E-state index < -0.39 is 0 Å². The molecular weight excluding hydrogens is 248 g/mol. The summed E-state index contributed by atoms with van der Waals surface area (Å²) in [6, 6.07) is 9.03. The molecule has 0 aromatic heterocycles. The van der Waals surface area contributed by atoms with Crippen LogP contribution in [0.2, 0.25) is 0 Å². The second kappa shape index (κ2) is 9.65. The Balaban J connectivity index is 2.49. The molecule has 0 aliphatic rings. The highest BCUT2D eigenvalue weighted by Gasteiger charge is 2.05. The molecule has 0 aliphatic heterocycles. The summed E-state index contributed by atoms with van der Waals surface area (Å²) in [5, 5.41) is 12.6. The molecule has 114 valence electrons. The molecule has 0 spiro atoms. The SMILES string of the molecule is CCCCCC(C)Nc1ccc(N(CC)CCO)cc1. The van der Waals surface area contributed by atoms with E-state index in [2.05, 4.69) is 55.3 Å². The average molecular weight is 278 g/mol. The van der Waals surface area contributed by atoms with Crippen molar-refractivity contribution in [1.29, 1.82) is 0 Å². The van der Waals surface area contributed by atoms with Gasteiger partial charge in [0.15, 0.2) is 0 Å². The molecule has 0 radical (unpaired) electrons. The predicted octanol–water partition coefficient (Wildman–Crippen LogP) is 3.89. The van der Waals surface area contributed by atoms with Crippen LogP contribution >= 0.6 is 0 Å². The average Bonchev–Trinajstić information content (AvgIpc) is 2.46. The summed E-state index contributed by atoms with van der Waals surface area (Å²) in [5.41, 5.74) is 2.35. The van der Waals surface area contributed by atoms with Crippen molar-refractivity contribution in [2.45, 2.75) is 52.5 Å². The van der Waals surface area contributed by atoms with Crippen molar-refractivity contribution in [2.75, 3.05) is 29.9 Å². The molecular formula is C17H30N2O. The number of nitrogens with zero attached hydrogens (tertiary/aromatic N) is 1. The summed E-state index contributed by atoms with van der Waals surface area (Å²) >= 11 is 0. The Kier molecular flexibility index (Phi) is 8.12. The molecule has 2 N–H and O–H groups in total. The molecule has 0 heterocycles. The van der Waals surface area contributed by atoms with Gasteiger partial charge in [-0.15, -0.1) is 0 Å². The van der Waals surface area contributed by atoms with Crippen molar-refractivity contribution in [1.82, 2.24) is 0 Å². The van der Waals surface area contributed by atoms with Crippen LogP contribution in [-0.2, 0) is 0 Å². The minimum Gasteiger partial charge on any atom is -0.395 e. The Morgan fingerprint density at radius 1 is 1.15 bits per heavy atom. The van der Waals surface area contributed by atoms with Gasteiger partial charge >= 0.3 is 0 Å². The largest absolute Gasteiger partial charge is 0.395 e. The van der Waals surface area contributed by atoms with Gasteiger partial charge < -0.3 is 15.3 Å². The van der Waals surface area contributed by atoms with Crippen LogP contribution in [0.4, 0.5) is 11.4 Å². The molecule has 0 saturated carbocycles. The third-order valence-electron chi connectivity index (χ3n) is 3.64. The number of aliphatic hydroxyl groups is 1. The van der Waals surface area contributed by atoms with E-state index in [0.717, 1.165) is 6.54 Å². The standard InChI is InChI=1S/C17H30N2O/c1-4-6-7-8-15(3)18-16-9-11-17(12-10-16)19(5-2)13-14-20/h9-12,15,18,20H,4-8,13-14H2,1-3H3. The van der Waals surface area contributed by atoms with E-state index in [-0.39, 0.29) is 6.61 Å². The van der Waals surface area contributed by atoms with E-state index in [1.54, 1.807) is 0 Å². The molecule has 1 unspecified atom stereocenters. The van der Waals surface area contributed by atoms with Crippen molar-refractivity contribution in [3.8, 4) is 0 Å².